The Morgan fingerprint density at radius 1 is 1.06 bits per heavy atom. The van der Waals surface area contributed by atoms with Crippen LogP contribution in [0, 0.1) is 11.8 Å². The standard InChI is InChI=1S/C15H21NO/c1-10(2)7-12-5-6-14-13(9-12)16-15(17-14)8-11(3)4/h5-6,9-11H,7-8H2,1-4H3. The van der Waals surface area contributed by atoms with Crippen molar-refractivity contribution in [2.45, 2.75) is 40.5 Å². The Balaban J connectivity index is 2.27. The van der Waals surface area contributed by atoms with Crippen LogP contribution in [0.25, 0.3) is 11.1 Å². The van der Waals surface area contributed by atoms with E-state index in [-0.39, 0.29) is 0 Å². The molecule has 92 valence electrons. The van der Waals surface area contributed by atoms with Gasteiger partial charge in [0, 0.05) is 6.42 Å². The highest BCUT2D eigenvalue weighted by Gasteiger charge is 2.08. The summed E-state index contributed by atoms with van der Waals surface area (Å²) >= 11 is 0. The molecule has 0 aliphatic carbocycles. The average Bonchev–Trinajstić information content (AvgIpc) is 2.56. The molecule has 2 heteroatoms. The van der Waals surface area contributed by atoms with Crippen LogP contribution in [0.4, 0.5) is 0 Å². The third-order valence-corrected chi connectivity index (χ3v) is 2.72. The van der Waals surface area contributed by atoms with Crippen molar-refractivity contribution in [2.24, 2.45) is 11.8 Å². The average molecular weight is 231 g/mol. The van der Waals surface area contributed by atoms with E-state index in [9.17, 15) is 0 Å². The van der Waals surface area contributed by atoms with Crippen LogP contribution in [-0.4, -0.2) is 4.98 Å². The molecule has 0 amide bonds. The van der Waals surface area contributed by atoms with Crippen LogP contribution in [0.5, 0.6) is 0 Å². The summed E-state index contributed by atoms with van der Waals surface area (Å²) in [5.74, 6) is 2.12. The molecular formula is C15H21NO. The van der Waals surface area contributed by atoms with Crippen molar-refractivity contribution in [3.05, 3.63) is 29.7 Å². The number of hydrogen-bond acceptors (Lipinski definition) is 2. The van der Waals surface area contributed by atoms with Crippen LogP contribution in [0.2, 0.25) is 0 Å². The van der Waals surface area contributed by atoms with Gasteiger partial charge < -0.3 is 4.42 Å². The molecule has 0 radical (unpaired) electrons. The summed E-state index contributed by atoms with van der Waals surface area (Å²) in [4.78, 5) is 4.55. The molecule has 0 atom stereocenters. The summed E-state index contributed by atoms with van der Waals surface area (Å²) in [6.45, 7) is 8.83. The number of fused-ring (bicyclic) bond motifs is 1. The van der Waals surface area contributed by atoms with Gasteiger partial charge in [0.2, 0.25) is 0 Å². The summed E-state index contributed by atoms with van der Waals surface area (Å²) in [7, 11) is 0. The van der Waals surface area contributed by atoms with Crippen molar-refractivity contribution < 1.29 is 4.42 Å². The maximum Gasteiger partial charge on any atom is 0.195 e. The van der Waals surface area contributed by atoms with E-state index in [1.165, 1.54) is 5.56 Å². The second-order valence-electron chi connectivity index (χ2n) is 5.61. The number of rotatable bonds is 4. The van der Waals surface area contributed by atoms with Crippen LogP contribution >= 0.6 is 0 Å². The van der Waals surface area contributed by atoms with E-state index in [0.29, 0.717) is 11.8 Å². The van der Waals surface area contributed by atoms with Crippen molar-refractivity contribution in [3.63, 3.8) is 0 Å². The lowest BCUT2D eigenvalue weighted by Gasteiger charge is -2.03. The van der Waals surface area contributed by atoms with Gasteiger partial charge in [0.05, 0.1) is 0 Å². The van der Waals surface area contributed by atoms with Gasteiger partial charge in [0.15, 0.2) is 11.5 Å². The fourth-order valence-corrected chi connectivity index (χ4v) is 2.06. The minimum Gasteiger partial charge on any atom is -0.441 e. The smallest absolute Gasteiger partial charge is 0.195 e. The van der Waals surface area contributed by atoms with E-state index in [1.54, 1.807) is 0 Å². The summed E-state index contributed by atoms with van der Waals surface area (Å²) in [5, 5.41) is 0. The molecule has 0 unspecified atom stereocenters. The second-order valence-corrected chi connectivity index (χ2v) is 5.61. The van der Waals surface area contributed by atoms with Crippen molar-refractivity contribution in [2.75, 3.05) is 0 Å². The molecular weight excluding hydrogens is 210 g/mol. The molecule has 0 saturated carbocycles. The number of hydrogen-bond donors (Lipinski definition) is 0. The van der Waals surface area contributed by atoms with Gasteiger partial charge in [0.25, 0.3) is 0 Å². The zero-order valence-electron chi connectivity index (χ0n) is 11.2. The zero-order chi connectivity index (χ0) is 12.4. The normalized spacial score (nSPS) is 11.9. The molecule has 2 rings (SSSR count). The first-order valence-corrected chi connectivity index (χ1v) is 6.43. The van der Waals surface area contributed by atoms with Crippen molar-refractivity contribution in [1.29, 1.82) is 0 Å². The second kappa shape index (κ2) is 4.91. The zero-order valence-corrected chi connectivity index (χ0v) is 11.2. The Labute approximate surface area is 103 Å². The third-order valence-electron chi connectivity index (χ3n) is 2.72. The summed E-state index contributed by atoms with van der Waals surface area (Å²) in [6, 6.07) is 6.35. The summed E-state index contributed by atoms with van der Waals surface area (Å²) in [6.07, 6.45) is 2.01. The van der Waals surface area contributed by atoms with E-state index in [2.05, 4.69) is 44.8 Å². The summed E-state index contributed by atoms with van der Waals surface area (Å²) < 4.78 is 5.73. The van der Waals surface area contributed by atoms with Gasteiger partial charge in [-0.25, -0.2) is 4.98 Å². The van der Waals surface area contributed by atoms with E-state index in [0.717, 1.165) is 29.8 Å². The molecule has 1 heterocycles. The molecule has 2 nitrogen and oxygen atoms in total. The van der Waals surface area contributed by atoms with E-state index in [4.69, 9.17) is 4.42 Å². The molecule has 0 N–H and O–H groups in total. The maximum atomic E-state index is 5.73. The fourth-order valence-electron chi connectivity index (χ4n) is 2.06. The van der Waals surface area contributed by atoms with Crippen LogP contribution in [0.15, 0.2) is 22.6 Å². The Morgan fingerprint density at radius 3 is 2.41 bits per heavy atom. The molecule has 0 saturated heterocycles. The number of aromatic nitrogens is 1. The van der Waals surface area contributed by atoms with Crippen molar-refractivity contribution in [3.8, 4) is 0 Å². The highest BCUT2D eigenvalue weighted by molar-refractivity contribution is 5.73. The molecule has 1 aromatic carbocycles. The summed E-state index contributed by atoms with van der Waals surface area (Å²) in [5.41, 5.74) is 3.25. The van der Waals surface area contributed by atoms with Crippen LogP contribution in [0.1, 0.15) is 39.1 Å². The van der Waals surface area contributed by atoms with E-state index in [1.807, 2.05) is 6.07 Å². The molecule has 2 aromatic rings. The SMILES string of the molecule is CC(C)Cc1ccc2oc(CC(C)C)nc2c1. The predicted octanol–water partition coefficient (Wildman–Crippen LogP) is 4.22. The van der Waals surface area contributed by atoms with Crippen LogP contribution in [-0.2, 0) is 12.8 Å². The lowest BCUT2D eigenvalue weighted by molar-refractivity contribution is 0.482. The molecule has 0 bridgehead atoms. The van der Waals surface area contributed by atoms with Gasteiger partial charge >= 0.3 is 0 Å². The lowest BCUT2D eigenvalue weighted by atomic mass is 10.0. The Kier molecular flexibility index (Phi) is 3.51. The largest absolute Gasteiger partial charge is 0.441 e. The first kappa shape index (κ1) is 12.2. The quantitative estimate of drug-likeness (QED) is 0.787. The van der Waals surface area contributed by atoms with Crippen molar-refractivity contribution in [1.82, 2.24) is 4.98 Å². The molecule has 0 fully saturated rings. The maximum absolute atomic E-state index is 5.73. The number of benzene rings is 1. The predicted molar refractivity (Wildman–Crippen MR) is 71.1 cm³/mol. The Morgan fingerprint density at radius 2 is 1.76 bits per heavy atom. The lowest BCUT2D eigenvalue weighted by Crippen LogP contribution is -1.94. The fraction of sp³-hybridized carbons (Fsp3) is 0.533. The monoisotopic (exact) mass is 231 g/mol. The Hall–Kier alpha value is -1.31. The minimum atomic E-state index is 0.582. The molecule has 0 aliphatic heterocycles. The number of nitrogens with zero attached hydrogens (tertiary/aromatic N) is 1. The third kappa shape index (κ3) is 3.09. The molecule has 1 aromatic heterocycles. The van der Waals surface area contributed by atoms with Gasteiger partial charge in [-0.15, -0.1) is 0 Å². The van der Waals surface area contributed by atoms with Gasteiger partial charge in [-0.2, -0.15) is 0 Å². The first-order valence-electron chi connectivity index (χ1n) is 6.43. The first-order chi connectivity index (χ1) is 8.04. The minimum absolute atomic E-state index is 0.582. The highest BCUT2D eigenvalue weighted by Crippen LogP contribution is 2.20. The number of oxazole rings is 1. The molecule has 17 heavy (non-hydrogen) atoms. The molecule has 0 spiro atoms. The van der Waals surface area contributed by atoms with Gasteiger partial charge in [-0.3, -0.25) is 0 Å². The topological polar surface area (TPSA) is 26.0 Å². The van der Waals surface area contributed by atoms with Crippen molar-refractivity contribution >= 4 is 11.1 Å². The van der Waals surface area contributed by atoms with Gasteiger partial charge in [0.1, 0.15) is 5.52 Å². The van der Waals surface area contributed by atoms with Crippen LogP contribution in [0.3, 0.4) is 0 Å². The Bertz CT molecular complexity index is 489. The van der Waals surface area contributed by atoms with E-state index >= 15 is 0 Å². The van der Waals surface area contributed by atoms with Gasteiger partial charge in [-0.1, -0.05) is 33.8 Å². The van der Waals surface area contributed by atoms with Gasteiger partial charge in [-0.05, 0) is 36.0 Å². The van der Waals surface area contributed by atoms with E-state index < -0.39 is 0 Å². The molecule has 0 aliphatic rings. The highest BCUT2D eigenvalue weighted by atomic mass is 16.3. The van der Waals surface area contributed by atoms with Crippen LogP contribution < -0.4 is 0 Å².